The number of piperidine rings is 1. The Hall–Kier alpha value is -2.24. The second-order valence-electron chi connectivity index (χ2n) is 7.93. The predicted octanol–water partition coefficient (Wildman–Crippen LogP) is 4.49. The summed E-state index contributed by atoms with van der Waals surface area (Å²) >= 11 is 6.01. The summed E-state index contributed by atoms with van der Waals surface area (Å²) in [6.07, 6.45) is 2.45. The number of rotatable bonds is 9. The van der Waals surface area contributed by atoms with Crippen LogP contribution < -0.4 is 9.47 Å². The summed E-state index contributed by atoms with van der Waals surface area (Å²) in [6, 6.07) is 15.0. The van der Waals surface area contributed by atoms with Crippen molar-refractivity contribution in [2.24, 2.45) is 5.92 Å². The number of methoxy groups -OCH3 is 1. The minimum absolute atomic E-state index is 0.00219. The number of halogens is 1. The molecule has 0 N–H and O–H groups in total. The molecular formula is C24H31ClN2O3. The van der Waals surface area contributed by atoms with Crippen molar-refractivity contribution >= 4 is 17.5 Å². The fourth-order valence-electron chi connectivity index (χ4n) is 3.58. The van der Waals surface area contributed by atoms with Crippen LogP contribution in [0.15, 0.2) is 48.5 Å². The average molecular weight is 431 g/mol. The van der Waals surface area contributed by atoms with Crippen molar-refractivity contribution in [1.29, 1.82) is 0 Å². The lowest BCUT2D eigenvalue weighted by molar-refractivity contribution is -0.134. The number of carbonyl (C=O) groups is 1. The number of hydrogen-bond acceptors (Lipinski definition) is 4. The molecule has 6 heteroatoms. The molecular weight excluding hydrogens is 400 g/mol. The van der Waals surface area contributed by atoms with Crippen molar-refractivity contribution in [3.8, 4) is 11.5 Å². The molecule has 0 aliphatic carbocycles. The first-order valence-electron chi connectivity index (χ1n) is 10.5. The fourth-order valence-corrected chi connectivity index (χ4v) is 3.70. The minimum Gasteiger partial charge on any atom is -0.497 e. The van der Waals surface area contributed by atoms with Gasteiger partial charge in [-0.1, -0.05) is 36.7 Å². The van der Waals surface area contributed by atoms with Crippen LogP contribution in [0.1, 0.15) is 25.3 Å². The van der Waals surface area contributed by atoms with Crippen LogP contribution in [-0.4, -0.2) is 55.6 Å². The number of benzene rings is 2. The molecule has 0 radical (unpaired) electrons. The van der Waals surface area contributed by atoms with E-state index >= 15 is 0 Å². The molecule has 162 valence electrons. The first kappa shape index (κ1) is 22.4. The molecule has 2 aromatic rings. The summed E-state index contributed by atoms with van der Waals surface area (Å²) in [7, 11) is 1.61. The third-order valence-corrected chi connectivity index (χ3v) is 5.86. The molecule has 0 atom stereocenters. The zero-order chi connectivity index (χ0) is 21.3. The normalized spacial score (nSPS) is 15.0. The highest BCUT2D eigenvalue weighted by Crippen LogP contribution is 2.19. The van der Waals surface area contributed by atoms with Crippen LogP contribution in [0.3, 0.4) is 0 Å². The van der Waals surface area contributed by atoms with Crippen molar-refractivity contribution in [2.45, 2.75) is 26.3 Å². The molecule has 0 saturated carbocycles. The van der Waals surface area contributed by atoms with Crippen LogP contribution in [-0.2, 0) is 11.3 Å². The van der Waals surface area contributed by atoms with Crippen LogP contribution in [0.25, 0.3) is 0 Å². The van der Waals surface area contributed by atoms with Gasteiger partial charge in [0, 0.05) is 30.7 Å². The predicted molar refractivity (Wildman–Crippen MR) is 120 cm³/mol. The fraction of sp³-hybridized carbons (Fsp3) is 0.458. The van der Waals surface area contributed by atoms with Crippen LogP contribution in [0.2, 0.25) is 5.02 Å². The van der Waals surface area contributed by atoms with Gasteiger partial charge in [-0.05, 0) is 61.7 Å². The third-order valence-electron chi connectivity index (χ3n) is 5.61. The number of likely N-dealkylation sites (tertiary alicyclic amines) is 1. The first-order chi connectivity index (χ1) is 14.5. The van der Waals surface area contributed by atoms with Crippen LogP contribution in [0.4, 0.5) is 0 Å². The van der Waals surface area contributed by atoms with E-state index in [2.05, 4.69) is 11.8 Å². The van der Waals surface area contributed by atoms with Crippen LogP contribution in [0.5, 0.6) is 11.5 Å². The Morgan fingerprint density at radius 1 is 1.13 bits per heavy atom. The van der Waals surface area contributed by atoms with Gasteiger partial charge in [-0.25, -0.2) is 0 Å². The number of hydrogen-bond donors (Lipinski definition) is 0. The van der Waals surface area contributed by atoms with E-state index in [1.807, 2.05) is 47.4 Å². The van der Waals surface area contributed by atoms with E-state index < -0.39 is 0 Å². The van der Waals surface area contributed by atoms with E-state index in [-0.39, 0.29) is 12.5 Å². The maximum Gasteiger partial charge on any atom is 0.260 e. The molecule has 1 aliphatic rings. The molecule has 0 aromatic heterocycles. The third kappa shape index (κ3) is 6.92. The lowest BCUT2D eigenvalue weighted by Gasteiger charge is -2.32. The molecule has 0 unspecified atom stereocenters. The number of amides is 1. The standard InChI is InChI=1S/C24H31ClN2O3/c1-19-10-12-26(13-11-19)14-15-27(17-20-6-8-21(25)9-7-20)24(28)18-30-23-5-3-4-22(16-23)29-2/h3-9,16,19H,10-15,17-18H2,1-2H3. The van der Waals surface area contributed by atoms with Gasteiger partial charge in [-0.15, -0.1) is 0 Å². The minimum atomic E-state index is -0.0295. The van der Waals surface area contributed by atoms with Gasteiger partial charge in [0.25, 0.3) is 5.91 Å². The zero-order valence-corrected chi connectivity index (χ0v) is 18.6. The molecule has 1 amide bonds. The van der Waals surface area contributed by atoms with E-state index in [0.29, 0.717) is 29.6 Å². The Balaban J connectivity index is 1.60. The second kappa shape index (κ2) is 11.2. The molecule has 2 aromatic carbocycles. The van der Waals surface area contributed by atoms with Crippen molar-refractivity contribution in [1.82, 2.24) is 9.80 Å². The lowest BCUT2D eigenvalue weighted by atomic mass is 9.99. The highest BCUT2D eigenvalue weighted by molar-refractivity contribution is 6.30. The van der Waals surface area contributed by atoms with Gasteiger partial charge in [0.05, 0.1) is 7.11 Å². The van der Waals surface area contributed by atoms with Gasteiger partial charge in [-0.2, -0.15) is 0 Å². The zero-order valence-electron chi connectivity index (χ0n) is 17.9. The molecule has 30 heavy (non-hydrogen) atoms. The van der Waals surface area contributed by atoms with Gasteiger partial charge < -0.3 is 19.3 Å². The summed E-state index contributed by atoms with van der Waals surface area (Å²) in [5.41, 5.74) is 1.06. The maximum atomic E-state index is 13.0. The van der Waals surface area contributed by atoms with Crippen LogP contribution in [0, 0.1) is 5.92 Å². The highest BCUT2D eigenvalue weighted by atomic mass is 35.5. The highest BCUT2D eigenvalue weighted by Gasteiger charge is 2.19. The SMILES string of the molecule is COc1cccc(OCC(=O)N(CCN2CCC(C)CC2)Cc2ccc(Cl)cc2)c1. The Kier molecular flexibility index (Phi) is 8.40. The molecule has 1 heterocycles. The van der Waals surface area contributed by atoms with E-state index in [4.69, 9.17) is 21.1 Å². The lowest BCUT2D eigenvalue weighted by Crippen LogP contribution is -2.42. The first-order valence-corrected chi connectivity index (χ1v) is 10.9. The van der Waals surface area contributed by atoms with Crippen LogP contribution >= 0.6 is 11.6 Å². The smallest absolute Gasteiger partial charge is 0.260 e. The van der Waals surface area contributed by atoms with Crippen molar-refractivity contribution < 1.29 is 14.3 Å². The van der Waals surface area contributed by atoms with Crippen molar-refractivity contribution in [3.63, 3.8) is 0 Å². The topological polar surface area (TPSA) is 42.0 Å². The summed E-state index contributed by atoms with van der Waals surface area (Å²) in [6.45, 7) is 6.61. The molecule has 5 nitrogen and oxygen atoms in total. The summed E-state index contributed by atoms with van der Waals surface area (Å²) in [4.78, 5) is 17.3. The summed E-state index contributed by atoms with van der Waals surface area (Å²) < 4.78 is 11.0. The van der Waals surface area contributed by atoms with Gasteiger partial charge >= 0.3 is 0 Å². The summed E-state index contributed by atoms with van der Waals surface area (Å²) in [5, 5.41) is 0.695. The Morgan fingerprint density at radius 3 is 2.53 bits per heavy atom. The van der Waals surface area contributed by atoms with Gasteiger partial charge in [0.1, 0.15) is 11.5 Å². The maximum absolute atomic E-state index is 13.0. The quantitative estimate of drug-likeness (QED) is 0.587. The molecule has 1 saturated heterocycles. The Morgan fingerprint density at radius 2 is 1.83 bits per heavy atom. The molecule has 3 rings (SSSR count). The van der Waals surface area contributed by atoms with E-state index in [1.165, 1.54) is 12.8 Å². The molecule has 1 fully saturated rings. The van der Waals surface area contributed by atoms with E-state index in [0.717, 1.165) is 31.1 Å². The second-order valence-corrected chi connectivity index (χ2v) is 8.37. The van der Waals surface area contributed by atoms with Gasteiger partial charge in [0.2, 0.25) is 0 Å². The number of carbonyl (C=O) groups excluding carboxylic acids is 1. The van der Waals surface area contributed by atoms with E-state index in [9.17, 15) is 4.79 Å². The average Bonchev–Trinajstić information content (AvgIpc) is 2.77. The number of nitrogens with zero attached hydrogens (tertiary/aromatic N) is 2. The van der Waals surface area contributed by atoms with Crippen molar-refractivity contribution in [3.05, 3.63) is 59.1 Å². The van der Waals surface area contributed by atoms with Crippen molar-refractivity contribution in [2.75, 3.05) is 39.9 Å². The summed E-state index contributed by atoms with van der Waals surface area (Å²) in [5.74, 6) is 2.10. The Bertz CT molecular complexity index is 804. The molecule has 1 aliphatic heterocycles. The molecule has 0 spiro atoms. The molecule has 0 bridgehead atoms. The number of ether oxygens (including phenoxy) is 2. The monoisotopic (exact) mass is 430 g/mol. The van der Waals surface area contributed by atoms with Gasteiger partial charge in [-0.3, -0.25) is 4.79 Å². The largest absolute Gasteiger partial charge is 0.497 e. The Labute approximate surface area is 184 Å². The van der Waals surface area contributed by atoms with E-state index in [1.54, 1.807) is 13.2 Å². The van der Waals surface area contributed by atoms with Gasteiger partial charge in [0.15, 0.2) is 6.61 Å².